The van der Waals surface area contributed by atoms with Crippen LogP contribution in [0.4, 0.5) is 4.79 Å². The zero-order chi connectivity index (χ0) is 14.3. The Bertz CT molecular complexity index is 304. The van der Waals surface area contributed by atoms with Crippen LogP contribution in [0.1, 0.15) is 33.6 Å². The maximum atomic E-state index is 11.3. The van der Waals surface area contributed by atoms with Gasteiger partial charge in [0.05, 0.1) is 6.10 Å². The molecule has 110 valence electrons. The van der Waals surface area contributed by atoms with Crippen LogP contribution in [0.3, 0.4) is 0 Å². The van der Waals surface area contributed by atoms with Gasteiger partial charge in [-0.05, 0) is 33.6 Å². The first kappa shape index (κ1) is 16.0. The highest BCUT2D eigenvalue weighted by atomic mass is 16.6. The minimum absolute atomic E-state index is 0.382. The van der Waals surface area contributed by atoms with E-state index in [9.17, 15) is 4.79 Å². The standard InChI is InChI=1S/C14H26N2O3/c1-14(2,3)19-13(17)16-8-6-5-7-15-11-9-12(10-11)18-4/h5-6,11-12,15H,7-10H2,1-4H3,(H,16,17)/b6-5+. The van der Waals surface area contributed by atoms with Crippen LogP contribution in [0.5, 0.6) is 0 Å². The number of methoxy groups -OCH3 is 1. The summed E-state index contributed by atoms with van der Waals surface area (Å²) >= 11 is 0. The highest BCUT2D eigenvalue weighted by molar-refractivity contribution is 5.67. The number of ether oxygens (including phenoxy) is 2. The average molecular weight is 270 g/mol. The van der Waals surface area contributed by atoms with Crippen molar-refractivity contribution in [3.05, 3.63) is 12.2 Å². The first-order valence-electron chi connectivity index (χ1n) is 6.78. The van der Waals surface area contributed by atoms with Gasteiger partial charge in [0.1, 0.15) is 5.60 Å². The van der Waals surface area contributed by atoms with E-state index < -0.39 is 5.60 Å². The molecule has 0 aromatic rings. The Hall–Kier alpha value is -1.07. The maximum absolute atomic E-state index is 11.3. The number of alkyl carbamates (subject to hydrolysis) is 1. The zero-order valence-electron chi connectivity index (χ0n) is 12.4. The lowest BCUT2D eigenvalue weighted by atomic mass is 9.89. The Balaban J connectivity index is 1.98. The second kappa shape index (κ2) is 7.50. The zero-order valence-corrected chi connectivity index (χ0v) is 12.4. The van der Waals surface area contributed by atoms with Crippen molar-refractivity contribution < 1.29 is 14.3 Å². The van der Waals surface area contributed by atoms with Crippen molar-refractivity contribution in [3.8, 4) is 0 Å². The first-order valence-corrected chi connectivity index (χ1v) is 6.78. The van der Waals surface area contributed by atoms with E-state index in [1.807, 2.05) is 32.9 Å². The van der Waals surface area contributed by atoms with E-state index in [1.54, 1.807) is 7.11 Å². The molecule has 1 rings (SSSR count). The second-order valence-corrected chi connectivity index (χ2v) is 5.79. The molecule has 0 aliphatic heterocycles. The van der Waals surface area contributed by atoms with Crippen molar-refractivity contribution in [1.29, 1.82) is 0 Å². The Labute approximate surface area is 115 Å². The summed E-state index contributed by atoms with van der Waals surface area (Å²) < 4.78 is 10.3. The fourth-order valence-electron chi connectivity index (χ4n) is 1.78. The molecule has 2 N–H and O–H groups in total. The van der Waals surface area contributed by atoms with Crippen LogP contribution in [-0.4, -0.2) is 44.0 Å². The van der Waals surface area contributed by atoms with Crippen LogP contribution in [0.2, 0.25) is 0 Å². The number of carbonyl (C=O) groups is 1. The number of hydrogen-bond acceptors (Lipinski definition) is 4. The van der Waals surface area contributed by atoms with Gasteiger partial charge >= 0.3 is 6.09 Å². The highest BCUT2D eigenvalue weighted by Gasteiger charge is 2.27. The van der Waals surface area contributed by atoms with Gasteiger partial charge in [0, 0.05) is 26.2 Å². The highest BCUT2D eigenvalue weighted by Crippen LogP contribution is 2.21. The Morgan fingerprint density at radius 2 is 1.89 bits per heavy atom. The normalized spacial score (nSPS) is 23.2. The third-order valence-electron chi connectivity index (χ3n) is 2.88. The van der Waals surface area contributed by atoms with Gasteiger partial charge in [0.25, 0.3) is 0 Å². The number of nitrogens with one attached hydrogen (secondary N) is 2. The fourth-order valence-corrected chi connectivity index (χ4v) is 1.78. The van der Waals surface area contributed by atoms with Gasteiger partial charge in [-0.15, -0.1) is 0 Å². The molecule has 1 fully saturated rings. The van der Waals surface area contributed by atoms with E-state index in [1.165, 1.54) is 0 Å². The smallest absolute Gasteiger partial charge is 0.407 e. The van der Waals surface area contributed by atoms with Crippen molar-refractivity contribution >= 4 is 6.09 Å². The summed E-state index contributed by atoms with van der Waals surface area (Å²) in [6, 6.07) is 0.563. The molecule has 0 spiro atoms. The molecule has 1 amide bonds. The Kier molecular flexibility index (Phi) is 6.31. The number of amides is 1. The van der Waals surface area contributed by atoms with Gasteiger partial charge in [0.2, 0.25) is 0 Å². The van der Waals surface area contributed by atoms with Crippen molar-refractivity contribution in [2.45, 2.75) is 51.4 Å². The lowest BCUT2D eigenvalue weighted by molar-refractivity contribution is 0.0185. The molecule has 5 nitrogen and oxygen atoms in total. The fraction of sp³-hybridized carbons (Fsp3) is 0.786. The van der Waals surface area contributed by atoms with Crippen LogP contribution in [0, 0.1) is 0 Å². The topological polar surface area (TPSA) is 59.6 Å². The minimum atomic E-state index is -0.447. The van der Waals surface area contributed by atoms with Crippen molar-refractivity contribution in [2.75, 3.05) is 20.2 Å². The molecule has 0 aromatic heterocycles. The molecule has 19 heavy (non-hydrogen) atoms. The molecule has 0 saturated heterocycles. The van der Waals surface area contributed by atoms with Crippen LogP contribution >= 0.6 is 0 Å². The van der Waals surface area contributed by atoms with Gasteiger partial charge in [-0.3, -0.25) is 0 Å². The molecule has 0 bridgehead atoms. The molecule has 0 atom stereocenters. The lowest BCUT2D eigenvalue weighted by Crippen LogP contribution is -2.45. The minimum Gasteiger partial charge on any atom is -0.444 e. The summed E-state index contributed by atoms with van der Waals surface area (Å²) in [5.41, 5.74) is -0.447. The number of rotatable bonds is 6. The van der Waals surface area contributed by atoms with Gasteiger partial charge < -0.3 is 20.1 Å². The summed E-state index contributed by atoms with van der Waals surface area (Å²) in [7, 11) is 1.75. The van der Waals surface area contributed by atoms with Crippen LogP contribution in [0.15, 0.2) is 12.2 Å². The second-order valence-electron chi connectivity index (χ2n) is 5.79. The summed E-state index contributed by atoms with van der Waals surface area (Å²) in [6.45, 7) is 6.84. The monoisotopic (exact) mass is 270 g/mol. The van der Waals surface area contributed by atoms with Gasteiger partial charge in [0.15, 0.2) is 0 Å². The van der Waals surface area contributed by atoms with E-state index in [0.29, 0.717) is 18.7 Å². The first-order chi connectivity index (χ1) is 8.90. The van der Waals surface area contributed by atoms with E-state index in [2.05, 4.69) is 10.6 Å². The van der Waals surface area contributed by atoms with Gasteiger partial charge in [-0.1, -0.05) is 12.2 Å². The molecule has 5 heteroatoms. The quantitative estimate of drug-likeness (QED) is 0.723. The molecule has 0 unspecified atom stereocenters. The summed E-state index contributed by atoms with van der Waals surface area (Å²) in [5.74, 6) is 0. The van der Waals surface area contributed by atoms with Crippen LogP contribution in [-0.2, 0) is 9.47 Å². The predicted octanol–water partition coefficient (Wildman–Crippen LogP) is 1.83. The molecule has 1 aliphatic carbocycles. The van der Waals surface area contributed by atoms with Crippen LogP contribution in [0.25, 0.3) is 0 Å². The Morgan fingerprint density at radius 1 is 1.26 bits per heavy atom. The molecule has 1 aliphatic rings. The summed E-state index contributed by atoms with van der Waals surface area (Å²) in [5, 5.41) is 6.07. The molecule has 0 heterocycles. The van der Waals surface area contributed by atoms with Crippen LogP contribution < -0.4 is 10.6 Å². The van der Waals surface area contributed by atoms with E-state index in [0.717, 1.165) is 19.4 Å². The van der Waals surface area contributed by atoms with Gasteiger partial charge in [-0.2, -0.15) is 0 Å². The third kappa shape index (κ3) is 7.18. The number of hydrogen-bond donors (Lipinski definition) is 2. The average Bonchev–Trinajstić information content (AvgIpc) is 2.22. The summed E-state index contributed by atoms with van der Waals surface area (Å²) in [4.78, 5) is 11.3. The van der Waals surface area contributed by atoms with Crippen molar-refractivity contribution in [1.82, 2.24) is 10.6 Å². The number of carbonyl (C=O) groups excluding carboxylic acids is 1. The van der Waals surface area contributed by atoms with E-state index in [-0.39, 0.29) is 6.09 Å². The largest absolute Gasteiger partial charge is 0.444 e. The Morgan fingerprint density at radius 3 is 2.47 bits per heavy atom. The molecule has 1 saturated carbocycles. The van der Waals surface area contributed by atoms with Crippen molar-refractivity contribution in [2.24, 2.45) is 0 Å². The molecular weight excluding hydrogens is 244 g/mol. The van der Waals surface area contributed by atoms with Gasteiger partial charge in [-0.25, -0.2) is 4.79 Å². The SMILES string of the molecule is COC1CC(NC/C=C/CNC(=O)OC(C)(C)C)C1. The van der Waals surface area contributed by atoms with E-state index in [4.69, 9.17) is 9.47 Å². The van der Waals surface area contributed by atoms with Crippen molar-refractivity contribution in [3.63, 3.8) is 0 Å². The summed E-state index contributed by atoms with van der Waals surface area (Å²) in [6.07, 6.45) is 6.14. The molecular formula is C14H26N2O3. The lowest BCUT2D eigenvalue weighted by Gasteiger charge is -2.34. The molecule has 0 radical (unpaired) electrons. The predicted molar refractivity (Wildman–Crippen MR) is 75.2 cm³/mol. The molecule has 0 aromatic carbocycles. The maximum Gasteiger partial charge on any atom is 0.407 e. The third-order valence-corrected chi connectivity index (χ3v) is 2.88. The van der Waals surface area contributed by atoms with E-state index >= 15 is 0 Å².